The van der Waals surface area contributed by atoms with E-state index in [0.29, 0.717) is 5.69 Å². The van der Waals surface area contributed by atoms with Gasteiger partial charge in [0.25, 0.3) is 15.9 Å². The van der Waals surface area contributed by atoms with Gasteiger partial charge < -0.3 is 29.9 Å². The number of halogens is 1. The highest BCUT2D eigenvalue weighted by atomic mass is 32.2. The van der Waals surface area contributed by atoms with Crippen LogP contribution in [0.4, 0.5) is 20.6 Å². The van der Waals surface area contributed by atoms with Crippen molar-refractivity contribution in [1.82, 2.24) is 18.8 Å². The van der Waals surface area contributed by atoms with Crippen molar-refractivity contribution in [1.29, 1.82) is 0 Å². The number of aryl methyl sites for hydroxylation is 1. The molecule has 1 aliphatic rings. The topological polar surface area (TPSA) is 146 Å². The Bertz CT molecular complexity index is 1510. The predicted octanol–water partition coefficient (Wildman–Crippen LogP) is 2.74. The molecule has 0 saturated heterocycles. The summed E-state index contributed by atoms with van der Waals surface area (Å²) in [6.45, 7) is 3.42. The number of nitrogens with zero attached hydrogens (tertiary/aromatic N) is 4. The number of hydrogen-bond acceptors (Lipinski definition) is 7. The monoisotopic (exact) mass is 588 g/mol. The van der Waals surface area contributed by atoms with E-state index >= 15 is 0 Å². The molecule has 12 nitrogen and oxygen atoms in total. The van der Waals surface area contributed by atoms with Crippen molar-refractivity contribution < 1.29 is 32.2 Å². The summed E-state index contributed by atoms with van der Waals surface area (Å²) in [5, 5.41) is 15.0. The van der Waals surface area contributed by atoms with Gasteiger partial charge in [0.05, 0.1) is 31.1 Å². The van der Waals surface area contributed by atoms with Gasteiger partial charge in [0, 0.05) is 44.1 Å². The number of carbonyl (C=O) groups is 2. The first-order chi connectivity index (χ1) is 19.4. The molecule has 0 fully saturated rings. The largest absolute Gasteiger partial charge is 0.488 e. The van der Waals surface area contributed by atoms with Crippen molar-refractivity contribution in [3.05, 3.63) is 66.4 Å². The van der Waals surface area contributed by atoms with Crippen molar-refractivity contribution in [2.45, 2.75) is 31.0 Å². The Kier molecular flexibility index (Phi) is 8.95. The average Bonchev–Trinajstić information content (AvgIpc) is 3.38. The third kappa shape index (κ3) is 6.84. The Hall–Kier alpha value is -4.01. The number of fused-ring (bicyclic) bond motifs is 1. The van der Waals surface area contributed by atoms with Crippen LogP contribution in [0.3, 0.4) is 0 Å². The van der Waals surface area contributed by atoms with Crippen molar-refractivity contribution in [3.63, 3.8) is 0 Å². The third-order valence-corrected chi connectivity index (χ3v) is 8.53. The lowest BCUT2D eigenvalue weighted by atomic mass is 9.99. The SMILES string of the molecule is C[C@@H]1CN([C@@H](C)CO)C(=O)c2cc(NC(=O)Nc3ccc(F)cc3)ccc2O[C@H]1CN(C)S(=O)(=O)c1cn(C)cn1. The average molecular weight is 589 g/mol. The van der Waals surface area contributed by atoms with Crippen molar-refractivity contribution in [2.75, 3.05) is 37.4 Å². The second-order valence-electron chi connectivity index (χ2n) is 10.1. The molecule has 3 N–H and O–H groups in total. The lowest BCUT2D eigenvalue weighted by Gasteiger charge is -2.38. The first-order valence-electron chi connectivity index (χ1n) is 12.9. The summed E-state index contributed by atoms with van der Waals surface area (Å²) >= 11 is 0. The van der Waals surface area contributed by atoms with Crippen LogP contribution in [-0.4, -0.2) is 83.1 Å². The highest BCUT2D eigenvalue weighted by Crippen LogP contribution is 2.31. The third-order valence-electron chi connectivity index (χ3n) is 6.82. The van der Waals surface area contributed by atoms with Gasteiger partial charge in [0.15, 0.2) is 5.03 Å². The molecule has 0 aliphatic carbocycles. The Balaban J connectivity index is 1.61. The summed E-state index contributed by atoms with van der Waals surface area (Å²) in [4.78, 5) is 31.6. The first kappa shape index (κ1) is 30.0. The van der Waals surface area contributed by atoms with Gasteiger partial charge in [-0.3, -0.25) is 4.79 Å². The Morgan fingerprint density at radius 2 is 1.88 bits per heavy atom. The number of benzene rings is 2. The molecule has 0 saturated carbocycles. The molecule has 14 heteroatoms. The number of aliphatic hydroxyl groups excluding tert-OH is 1. The Morgan fingerprint density at radius 3 is 2.51 bits per heavy atom. The standard InChI is InChI=1S/C27H33FN6O6S/c1-17-12-34(18(2)15-35)26(36)22-11-21(31-27(37)30-20-7-5-19(28)6-8-20)9-10-23(22)40-24(17)13-33(4)41(38,39)25-14-32(3)16-29-25/h5-11,14,16-18,24,35H,12-13,15H2,1-4H3,(H2,30,31,37)/t17-,18+,24+/m1/s1. The van der Waals surface area contributed by atoms with E-state index < -0.39 is 39.9 Å². The number of amides is 3. The van der Waals surface area contributed by atoms with E-state index in [1.807, 2.05) is 6.92 Å². The predicted molar refractivity (Wildman–Crippen MR) is 150 cm³/mol. The molecular weight excluding hydrogens is 555 g/mol. The number of rotatable bonds is 8. The fourth-order valence-electron chi connectivity index (χ4n) is 4.38. The second-order valence-corrected chi connectivity index (χ2v) is 12.1. The van der Waals surface area contributed by atoms with E-state index in [9.17, 15) is 27.5 Å². The number of urea groups is 1. The lowest BCUT2D eigenvalue weighted by Crippen LogP contribution is -2.50. The smallest absolute Gasteiger partial charge is 0.323 e. The number of anilines is 2. The number of ether oxygens (including phenoxy) is 1. The molecule has 3 aromatic rings. The molecule has 0 bridgehead atoms. The molecule has 1 aliphatic heterocycles. The van der Waals surface area contributed by atoms with Gasteiger partial charge in [0.2, 0.25) is 0 Å². The highest BCUT2D eigenvalue weighted by molar-refractivity contribution is 7.89. The molecular formula is C27H33FN6O6S. The molecule has 1 aromatic heterocycles. The maximum Gasteiger partial charge on any atom is 0.323 e. The van der Waals surface area contributed by atoms with Gasteiger partial charge in [-0.2, -0.15) is 4.31 Å². The summed E-state index contributed by atoms with van der Waals surface area (Å²) in [5.74, 6) is -0.966. The molecule has 3 atom stereocenters. The normalized spacial score (nSPS) is 18.2. The fourth-order valence-corrected chi connectivity index (χ4v) is 5.52. The van der Waals surface area contributed by atoms with E-state index in [4.69, 9.17) is 4.74 Å². The van der Waals surface area contributed by atoms with E-state index in [0.717, 1.165) is 4.31 Å². The number of nitrogens with one attached hydrogen (secondary N) is 2. The number of hydrogen-bond donors (Lipinski definition) is 3. The number of imidazole rings is 1. The minimum Gasteiger partial charge on any atom is -0.488 e. The van der Waals surface area contributed by atoms with E-state index in [2.05, 4.69) is 15.6 Å². The molecule has 0 radical (unpaired) electrons. The van der Waals surface area contributed by atoms with Crippen LogP contribution in [0.5, 0.6) is 5.75 Å². The number of aromatic nitrogens is 2. The zero-order chi connectivity index (χ0) is 29.9. The Labute approximate surface area is 237 Å². The van der Waals surface area contributed by atoms with Gasteiger partial charge in [-0.15, -0.1) is 0 Å². The summed E-state index contributed by atoms with van der Waals surface area (Å²) in [5.41, 5.74) is 0.799. The van der Waals surface area contributed by atoms with Crippen LogP contribution in [0.25, 0.3) is 0 Å². The summed E-state index contributed by atoms with van der Waals surface area (Å²) in [6, 6.07) is 8.64. The molecule has 2 heterocycles. The van der Waals surface area contributed by atoms with Gasteiger partial charge in [0.1, 0.15) is 17.7 Å². The quantitative estimate of drug-likeness (QED) is 0.367. The number of likely N-dealkylation sites (N-methyl/N-ethyl adjacent to an activating group) is 1. The maximum absolute atomic E-state index is 13.6. The maximum atomic E-state index is 13.6. The first-order valence-corrected chi connectivity index (χ1v) is 14.3. The minimum atomic E-state index is -3.91. The van der Waals surface area contributed by atoms with Crippen LogP contribution in [0.1, 0.15) is 24.2 Å². The van der Waals surface area contributed by atoms with Crippen LogP contribution in [0.15, 0.2) is 60.0 Å². The van der Waals surface area contributed by atoms with Crippen molar-refractivity contribution in [3.8, 4) is 5.75 Å². The number of carbonyl (C=O) groups excluding carboxylic acids is 2. The molecule has 41 heavy (non-hydrogen) atoms. The zero-order valence-corrected chi connectivity index (χ0v) is 23.9. The van der Waals surface area contributed by atoms with Crippen LogP contribution in [0, 0.1) is 11.7 Å². The summed E-state index contributed by atoms with van der Waals surface area (Å²) in [6.07, 6.45) is 2.14. The van der Waals surface area contributed by atoms with Gasteiger partial charge >= 0.3 is 6.03 Å². The van der Waals surface area contributed by atoms with E-state index in [1.54, 1.807) is 20.0 Å². The summed E-state index contributed by atoms with van der Waals surface area (Å²) in [7, 11) is -0.798. The molecule has 3 amide bonds. The molecule has 0 unspecified atom stereocenters. The minimum absolute atomic E-state index is 0.0326. The molecule has 4 rings (SSSR count). The summed E-state index contributed by atoms with van der Waals surface area (Å²) < 4.78 is 48.4. The number of sulfonamides is 1. The van der Waals surface area contributed by atoms with Gasteiger partial charge in [-0.1, -0.05) is 6.92 Å². The van der Waals surface area contributed by atoms with Gasteiger partial charge in [-0.05, 0) is 49.4 Å². The zero-order valence-electron chi connectivity index (χ0n) is 23.1. The molecule has 0 spiro atoms. The van der Waals surface area contributed by atoms with Crippen molar-refractivity contribution >= 4 is 33.3 Å². The van der Waals surface area contributed by atoms with Crippen molar-refractivity contribution in [2.24, 2.45) is 13.0 Å². The lowest BCUT2D eigenvalue weighted by molar-refractivity contribution is 0.0387. The van der Waals surface area contributed by atoms with E-state index in [1.165, 1.54) is 65.4 Å². The van der Waals surface area contributed by atoms with Crippen LogP contribution < -0.4 is 15.4 Å². The van der Waals surface area contributed by atoms with Crippen LogP contribution >= 0.6 is 0 Å². The highest BCUT2D eigenvalue weighted by Gasteiger charge is 2.35. The second kappa shape index (κ2) is 12.2. The van der Waals surface area contributed by atoms with Crippen LogP contribution in [-0.2, 0) is 17.1 Å². The molecule has 2 aromatic carbocycles. The number of aliphatic hydroxyl groups is 1. The fraction of sp³-hybridized carbons (Fsp3) is 0.370. The van der Waals surface area contributed by atoms with E-state index in [-0.39, 0.29) is 47.6 Å². The van der Waals surface area contributed by atoms with Crippen LogP contribution in [0.2, 0.25) is 0 Å². The Morgan fingerprint density at radius 1 is 1.22 bits per heavy atom. The molecule has 220 valence electrons. The van der Waals surface area contributed by atoms with Gasteiger partial charge in [-0.25, -0.2) is 22.6 Å².